The molecule has 0 N–H and O–H groups in total. The molecule has 1 aromatic carbocycles. The zero-order chi connectivity index (χ0) is 16.5. The van der Waals surface area contributed by atoms with E-state index in [4.69, 9.17) is 0 Å². The summed E-state index contributed by atoms with van der Waals surface area (Å²) in [5, 5.41) is 0. The molecular weight excluding hydrogens is 322 g/mol. The maximum absolute atomic E-state index is 12.1. The Bertz CT molecular complexity index is 754. The van der Waals surface area contributed by atoms with Crippen molar-refractivity contribution in [1.29, 1.82) is 0 Å². The molecule has 1 saturated heterocycles. The quantitative estimate of drug-likeness (QED) is 0.836. The number of hydrogen-bond acceptors (Lipinski definition) is 5. The van der Waals surface area contributed by atoms with Gasteiger partial charge in [0.2, 0.25) is 0 Å². The molecule has 5 nitrogen and oxygen atoms in total. The van der Waals surface area contributed by atoms with Gasteiger partial charge in [0, 0.05) is 25.6 Å². The van der Waals surface area contributed by atoms with Crippen LogP contribution in [0.25, 0.3) is 0 Å². The standard InChI is InChI=1S/C15H23NO4S2/c1-4-12-6-5-9-16(11-12)14-8-7-13(21(2,17)18)10-15(14)22(3,19)20/h7-8,10,12H,4-6,9,11H2,1-3H3/t12-/m0/s1. The van der Waals surface area contributed by atoms with Gasteiger partial charge >= 0.3 is 0 Å². The summed E-state index contributed by atoms with van der Waals surface area (Å²) >= 11 is 0. The van der Waals surface area contributed by atoms with E-state index in [-0.39, 0.29) is 9.79 Å². The van der Waals surface area contributed by atoms with Crippen LogP contribution in [0.15, 0.2) is 28.0 Å². The van der Waals surface area contributed by atoms with Crippen LogP contribution in [-0.2, 0) is 19.7 Å². The van der Waals surface area contributed by atoms with E-state index >= 15 is 0 Å². The molecule has 0 unspecified atom stereocenters. The van der Waals surface area contributed by atoms with Gasteiger partial charge in [-0.1, -0.05) is 13.3 Å². The molecule has 0 spiro atoms. The highest BCUT2D eigenvalue weighted by Crippen LogP contribution is 2.32. The molecule has 1 fully saturated rings. The van der Waals surface area contributed by atoms with E-state index in [1.54, 1.807) is 6.07 Å². The highest BCUT2D eigenvalue weighted by Gasteiger charge is 2.25. The van der Waals surface area contributed by atoms with Crippen LogP contribution in [0.3, 0.4) is 0 Å². The molecule has 1 aromatic rings. The van der Waals surface area contributed by atoms with E-state index in [1.807, 2.05) is 0 Å². The molecule has 1 heterocycles. The predicted octanol–water partition coefficient (Wildman–Crippen LogP) is 2.12. The maximum Gasteiger partial charge on any atom is 0.177 e. The average molecular weight is 345 g/mol. The fraction of sp³-hybridized carbons (Fsp3) is 0.600. The number of sulfone groups is 2. The van der Waals surface area contributed by atoms with Crippen LogP contribution in [0, 0.1) is 5.92 Å². The third kappa shape index (κ3) is 3.81. The lowest BCUT2D eigenvalue weighted by Crippen LogP contribution is -2.36. The van der Waals surface area contributed by atoms with Gasteiger partial charge in [-0.3, -0.25) is 0 Å². The minimum atomic E-state index is -3.50. The first-order valence-electron chi connectivity index (χ1n) is 7.42. The predicted molar refractivity (Wildman–Crippen MR) is 87.9 cm³/mol. The van der Waals surface area contributed by atoms with Crippen molar-refractivity contribution in [3.05, 3.63) is 18.2 Å². The van der Waals surface area contributed by atoms with Gasteiger partial charge in [-0.25, -0.2) is 16.8 Å². The number of hydrogen-bond donors (Lipinski definition) is 0. The second kappa shape index (κ2) is 6.20. The highest BCUT2D eigenvalue weighted by molar-refractivity contribution is 7.91. The van der Waals surface area contributed by atoms with Gasteiger partial charge in [0.25, 0.3) is 0 Å². The van der Waals surface area contributed by atoms with Crippen LogP contribution in [0.2, 0.25) is 0 Å². The first kappa shape index (κ1) is 17.3. The van der Waals surface area contributed by atoms with Crippen LogP contribution < -0.4 is 4.90 Å². The van der Waals surface area contributed by atoms with E-state index in [1.165, 1.54) is 12.1 Å². The normalized spacial score (nSPS) is 20.1. The summed E-state index contributed by atoms with van der Waals surface area (Å²) in [6.45, 7) is 3.76. The lowest BCUT2D eigenvalue weighted by molar-refractivity contribution is 0.403. The van der Waals surface area contributed by atoms with Gasteiger partial charge in [0.05, 0.1) is 15.5 Å². The average Bonchev–Trinajstić information content (AvgIpc) is 2.45. The molecule has 1 aliphatic heterocycles. The number of nitrogens with zero attached hydrogens (tertiary/aromatic N) is 1. The summed E-state index contributed by atoms with van der Waals surface area (Å²) in [7, 11) is -6.93. The minimum Gasteiger partial charge on any atom is -0.370 e. The van der Waals surface area contributed by atoms with Gasteiger partial charge in [-0.05, 0) is 37.0 Å². The Balaban J connectivity index is 2.52. The highest BCUT2D eigenvalue weighted by atomic mass is 32.2. The molecule has 124 valence electrons. The fourth-order valence-corrected chi connectivity index (χ4v) is 4.54. The monoisotopic (exact) mass is 345 g/mol. The maximum atomic E-state index is 12.1. The number of piperidine rings is 1. The summed E-state index contributed by atoms with van der Waals surface area (Å²) in [5.74, 6) is 0.552. The van der Waals surface area contributed by atoms with Crippen molar-refractivity contribution in [2.75, 3.05) is 30.5 Å². The van der Waals surface area contributed by atoms with Crippen LogP contribution in [-0.4, -0.2) is 42.4 Å². The Morgan fingerprint density at radius 3 is 2.36 bits per heavy atom. The van der Waals surface area contributed by atoms with Crippen molar-refractivity contribution in [2.45, 2.75) is 36.0 Å². The van der Waals surface area contributed by atoms with Gasteiger partial charge in [-0.15, -0.1) is 0 Å². The van der Waals surface area contributed by atoms with Gasteiger partial charge in [0.1, 0.15) is 0 Å². The zero-order valence-electron chi connectivity index (χ0n) is 13.2. The summed E-state index contributed by atoms with van der Waals surface area (Å²) in [4.78, 5) is 2.22. The fourth-order valence-electron chi connectivity index (χ4n) is 2.90. The Labute approximate surface area is 133 Å². The molecule has 0 bridgehead atoms. The summed E-state index contributed by atoms with van der Waals surface area (Å²) < 4.78 is 47.6. The van der Waals surface area contributed by atoms with Crippen LogP contribution in [0.1, 0.15) is 26.2 Å². The van der Waals surface area contributed by atoms with Crippen molar-refractivity contribution < 1.29 is 16.8 Å². The van der Waals surface area contributed by atoms with Crippen LogP contribution in [0.5, 0.6) is 0 Å². The topological polar surface area (TPSA) is 71.5 Å². The van der Waals surface area contributed by atoms with E-state index in [9.17, 15) is 16.8 Å². The molecular formula is C15H23NO4S2. The Morgan fingerprint density at radius 1 is 1.14 bits per heavy atom. The summed E-state index contributed by atoms with van der Waals surface area (Å²) in [6.07, 6.45) is 5.45. The van der Waals surface area contributed by atoms with Gasteiger partial charge in [-0.2, -0.15) is 0 Å². The minimum absolute atomic E-state index is 0.0423. The first-order valence-corrected chi connectivity index (χ1v) is 11.2. The van der Waals surface area contributed by atoms with E-state index < -0.39 is 19.7 Å². The SMILES string of the molecule is CC[C@H]1CCCN(c2ccc(S(C)(=O)=O)cc2S(C)(=O)=O)C1. The Hall–Kier alpha value is -1.08. The van der Waals surface area contributed by atoms with Crippen molar-refractivity contribution in [2.24, 2.45) is 5.92 Å². The van der Waals surface area contributed by atoms with Gasteiger partial charge < -0.3 is 4.90 Å². The first-order chi connectivity index (χ1) is 10.1. The number of rotatable bonds is 4. The number of benzene rings is 1. The molecule has 7 heteroatoms. The lowest BCUT2D eigenvalue weighted by Gasteiger charge is -2.35. The number of anilines is 1. The molecule has 22 heavy (non-hydrogen) atoms. The van der Waals surface area contributed by atoms with E-state index in [0.29, 0.717) is 11.6 Å². The second-order valence-electron chi connectivity index (χ2n) is 6.04. The smallest absolute Gasteiger partial charge is 0.177 e. The molecule has 1 atom stereocenters. The van der Waals surface area contributed by atoms with Crippen LogP contribution in [0.4, 0.5) is 5.69 Å². The van der Waals surface area contributed by atoms with E-state index in [0.717, 1.165) is 44.9 Å². The zero-order valence-corrected chi connectivity index (χ0v) is 14.9. The molecule has 0 amide bonds. The van der Waals surface area contributed by atoms with Crippen molar-refractivity contribution in [3.63, 3.8) is 0 Å². The van der Waals surface area contributed by atoms with Crippen molar-refractivity contribution in [1.82, 2.24) is 0 Å². The van der Waals surface area contributed by atoms with E-state index in [2.05, 4.69) is 11.8 Å². The Kier molecular flexibility index (Phi) is 4.87. The molecule has 0 aliphatic carbocycles. The summed E-state index contributed by atoms with van der Waals surface area (Å²) in [5.41, 5.74) is 0.619. The third-order valence-electron chi connectivity index (χ3n) is 4.20. The molecule has 0 radical (unpaired) electrons. The van der Waals surface area contributed by atoms with Crippen molar-refractivity contribution in [3.8, 4) is 0 Å². The van der Waals surface area contributed by atoms with Crippen molar-refractivity contribution >= 4 is 25.4 Å². The third-order valence-corrected chi connectivity index (χ3v) is 6.43. The van der Waals surface area contributed by atoms with Gasteiger partial charge in [0.15, 0.2) is 19.7 Å². The molecule has 1 aliphatic rings. The summed E-state index contributed by atoms with van der Waals surface area (Å²) in [6, 6.07) is 4.41. The lowest BCUT2D eigenvalue weighted by atomic mass is 9.95. The molecule has 0 saturated carbocycles. The molecule has 0 aromatic heterocycles. The Morgan fingerprint density at radius 2 is 1.82 bits per heavy atom. The second-order valence-corrected chi connectivity index (χ2v) is 10.0. The largest absolute Gasteiger partial charge is 0.370 e. The molecule has 2 rings (SSSR count). The van der Waals surface area contributed by atoms with Crippen LogP contribution >= 0.6 is 0 Å².